The molecule has 100 valence electrons. The Morgan fingerprint density at radius 3 is 2.72 bits per heavy atom. The van der Waals surface area contributed by atoms with E-state index in [-0.39, 0.29) is 23.6 Å². The molecule has 0 aromatic heterocycles. The molecular formula is C11H15IN2O3S. The minimum absolute atomic E-state index is 0.0854. The van der Waals surface area contributed by atoms with E-state index in [1.165, 1.54) is 6.07 Å². The van der Waals surface area contributed by atoms with Gasteiger partial charge in [0, 0.05) is 23.0 Å². The summed E-state index contributed by atoms with van der Waals surface area (Å²) >= 11 is 3.53. The summed E-state index contributed by atoms with van der Waals surface area (Å²) in [6.45, 7) is 2.07. The number of thioether (sulfide) groups is 1. The average Bonchev–Trinajstić information content (AvgIpc) is 2.30. The molecule has 0 heterocycles. The summed E-state index contributed by atoms with van der Waals surface area (Å²) in [5.74, 6) is 0. The molecule has 1 aromatic carbocycles. The van der Waals surface area contributed by atoms with Gasteiger partial charge in [-0.25, -0.2) is 0 Å². The first-order valence-corrected chi connectivity index (χ1v) is 7.70. The van der Waals surface area contributed by atoms with Crippen molar-refractivity contribution in [2.75, 3.05) is 18.2 Å². The third-order valence-electron chi connectivity index (χ3n) is 2.58. The van der Waals surface area contributed by atoms with Crippen molar-refractivity contribution >= 4 is 45.7 Å². The monoisotopic (exact) mass is 382 g/mol. The molecule has 2 N–H and O–H groups in total. The number of nitro benzene ring substituents is 1. The maximum atomic E-state index is 10.7. The zero-order valence-electron chi connectivity index (χ0n) is 10.1. The van der Waals surface area contributed by atoms with Gasteiger partial charge in [-0.1, -0.05) is 0 Å². The molecule has 0 aliphatic rings. The molecular weight excluding hydrogens is 367 g/mol. The van der Waals surface area contributed by atoms with E-state index in [0.717, 1.165) is 5.69 Å². The molecule has 18 heavy (non-hydrogen) atoms. The van der Waals surface area contributed by atoms with Crippen molar-refractivity contribution in [2.24, 2.45) is 0 Å². The summed E-state index contributed by atoms with van der Waals surface area (Å²) in [6, 6.07) is 5.00. The number of aliphatic hydroxyl groups is 1. The second-order valence-corrected chi connectivity index (χ2v) is 6.05. The number of nitrogens with one attached hydrogen (secondary N) is 1. The van der Waals surface area contributed by atoms with Crippen LogP contribution < -0.4 is 5.32 Å². The Hall–Kier alpha value is -0.540. The molecule has 2 atom stereocenters. The number of nitro groups is 1. The molecule has 5 nitrogen and oxygen atoms in total. The van der Waals surface area contributed by atoms with Crippen LogP contribution in [0.2, 0.25) is 0 Å². The highest BCUT2D eigenvalue weighted by Gasteiger charge is 2.16. The van der Waals surface area contributed by atoms with Gasteiger partial charge in [-0.3, -0.25) is 10.1 Å². The molecule has 0 radical (unpaired) electrons. The third kappa shape index (κ3) is 3.99. The molecule has 0 aliphatic heterocycles. The predicted octanol–water partition coefficient (Wildman–Crippen LogP) is 2.72. The van der Waals surface area contributed by atoms with E-state index in [1.54, 1.807) is 23.9 Å². The Morgan fingerprint density at radius 1 is 1.61 bits per heavy atom. The summed E-state index contributed by atoms with van der Waals surface area (Å²) in [5.41, 5.74) is 0.933. The van der Waals surface area contributed by atoms with Crippen molar-refractivity contribution in [3.05, 3.63) is 31.9 Å². The van der Waals surface area contributed by atoms with Gasteiger partial charge >= 0.3 is 0 Å². The molecule has 0 saturated heterocycles. The topological polar surface area (TPSA) is 75.4 Å². The van der Waals surface area contributed by atoms with Gasteiger partial charge in [0.05, 0.1) is 15.1 Å². The Morgan fingerprint density at radius 2 is 2.28 bits per heavy atom. The fraction of sp³-hybridized carbons (Fsp3) is 0.455. The van der Waals surface area contributed by atoms with E-state index >= 15 is 0 Å². The number of anilines is 1. The SMILES string of the molecule is CSC(CO)C(C)Nc1ccc([N+](=O)[O-])c(I)c1. The van der Waals surface area contributed by atoms with Crippen LogP contribution >= 0.6 is 34.4 Å². The lowest BCUT2D eigenvalue weighted by Crippen LogP contribution is -2.30. The van der Waals surface area contributed by atoms with E-state index in [1.807, 2.05) is 35.8 Å². The number of halogens is 1. The molecule has 0 amide bonds. The van der Waals surface area contributed by atoms with E-state index in [0.29, 0.717) is 3.57 Å². The normalized spacial score (nSPS) is 14.0. The standard InChI is InChI=1S/C11H15IN2O3S/c1-7(11(6-15)18-2)13-8-3-4-10(14(16)17)9(12)5-8/h3-5,7,11,13,15H,6H2,1-2H3. The van der Waals surface area contributed by atoms with Crippen LogP contribution in [-0.4, -0.2) is 34.2 Å². The third-order valence-corrected chi connectivity index (χ3v) is 4.61. The van der Waals surface area contributed by atoms with Crippen LogP contribution in [0.25, 0.3) is 0 Å². The van der Waals surface area contributed by atoms with E-state index in [2.05, 4.69) is 5.32 Å². The minimum Gasteiger partial charge on any atom is -0.395 e. The Balaban J connectivity index is 2.80. The zero-order chi connectivity index (χ0) is 13.7. The Labute approximate surface area is 124 Å². The number of benzene rings is 1. The van der Waals surface area contributed by atoms with Crippen LogP contribution in [-0.2, 0) is 0 Å². The average molecular weight is 382 g/mol. The Kier molecular flexibility index (Phi) is 6.16. The van der Waals surface area contributed by atoms with Crippen molar-refractivity contribution < 1.29 is 10.0 Å². The number of hydrogen-bond donors (Lipinski definition) is 2. The highest BCUT2D eigenvalue weighted by molar-refractivity contribution is 14.1. The molecule has 7 heteroatoms. The lowest BCUT2D eigenvalue weighted by Gasteiger charge is -2.22. The second-order valence-electron chi connectivity index (χ2n) is 3.81. The fourth-order valence-electron chi connectivity index (χ4n) is 1.54. The van der Waals surface area contributed by atoms with Gasteiger partial charge in [-0.15, -0.1) is 0 Å². The maximum Gasteiger partial charge on any atom is 0.282 e. The first-order valence-electron chi connectivity index (χ1n) is 5.33. The summed E-state index contributed by atoms with van der Waals surface area (Å²) in [7, 11) is 0. The van der Waals surface area contributed by atoms with Gasteiger partial charge in [0.15, 0.2) is 0 Å². The predicted molar refractivity (Wildman–Crippen MR) is 83.3 cm³/mol. The van der Waals surface area contributed by atoms with Crippen LogP contribution in [0.15, 0.2) is 18.2 Å². The molecule has 0 spiro atoms. The zero-order valence-corrected chi connectivity index (χ0v) is 13.1. The number of aliphatic hydroxyl groups excluding tert-OH is 1. The van der Waals surface area contributed by atoms with Crippen LogP contribution in [0.3, 0.4) is 0 Å². The van der Waals surface area contributed by atoms with Crippen LogP contribution in [0.5, 0.6) is 0 Å². The quantitative estimate of drug-likeness (QED) is 0.450. The van der Waals surface area contributed by atoms with Crippen molar-refractivity contribution in [3.8, 4) is 0 Å². The summed E-state index contributed by atoms with van der Waals surface area (Å²) in [5, 5.41) is 23.2. The lowest BCUT2D eigenvalue weighted by atomic mass is 10.2. The number of hydrogen-bond acceptors (Lipinski definition) is 5. The van der Waals surface area contributed by atoms with Crippen molar-refractivity contribution in [2.45, 2.75) is 18.2 Å². The molecule has 0 bridgehead atoms. The van der Waals surface area contributed by atoms with Crippen molar-refractivity contribution in [3.63, 3.8) is 0 Å². The minimum atomic E-state index is -0.395. The molecule has 0 aliphatic carbocycles. The highest BCUT2D eigenvalue weighted by atomic mass is 127. The van der Waals surface area contributed by atoms with Gasteiger partial charge in [0.1, 0.15) is 0 Å². The lowest BCUT2D eigenvalue weighted by molar-refractivity contribution is -0.385. The van der Waals surface area contributed by atoms with Gasteiger partial charge in [0.25, 0.3) is 5.69 Å². The van der Waals surface area contributed by atoms with Crippen LogP contribution in [0, 0.1) is 13.7 Å². The van der Waals surface area contributed by atoms with Crippen LogP contribution in [0.1, 0.15) is 6.92 Å². The van der Waals surface area contributed by atoms with E-state index < -0.39 is 4.92 Å². The first kappa shape index (κ1) is 15.5. The molecule has 0 fully saturated rings. The van der Waals surface area contributed by atoms with Gasteiger partial charge < -0.3 is 10.4 Å². The van der Waals surface area contributed by atoms with E-state index in [4.69, 9.17) is 0 Å². The summed E-state index contributed by atoms with van der Waals surface area (Å²) < 4.78 is 0.597. The fourth-order valence-corrected chi connectivity index (χ4v) is 2.87. The molecule has 0 saturated carbocycles. The largest absolute Gasteiger partial charge is 0.395 e. The highest BCUT2D eigenvalue weighted by Crippen LogP contribution is 2.25. The molecule has 2 unspecified atom stereocenters. The maximum absolute atomic E-state index is 10.7. The smallest absolute Gasteiger partial charge is 0.282 e. The molecule has 1 aromatic rings. The van der Waals surface area contributed by atoms with Crippen LogP contribution in [0.4, 0.5) is 11.4 Å². The van der Waals surface area contributed by atoms with E-state index in [9.17, 15) is 15.2 Å². The van der Waals surface area contributed by atoms with Gasteiger partial charge in [0.2, 0.25) is 0 Å². The summed E-state index contributed by atoms with van der Waals surface area (Å²) in [4.78, 5) is 10.3. The van der Waals surface area contributed by atoms with Gasteiger partial charge in [-0.05, 0) is 47.9 Å². The summed E-state index contributed by atoms with van der Waals surface area (Å²) in [6.07, 6.45) is 1.94. The van der Waals surface area contributed by atoms with Crippen molar-refractivity contribution in [1.29, 1.82) is 0 Å². The first-order chi connectivity index (χ1) is 8.49. The number of nitrogens with zero attached hydrogens (tertiary/aromatic N) is 1. The Bertz CT molecular complexity index is 427. The van der Waals surface area contributed by atoms with Gasteiger partial charge in [-0.2, -0.15) is 11.8 Å². The van der Waals surface area contributed by atoms with Crippen molar-refractivity contribution in [1.82, 2.24) is 0 Å². The number of rotatable bonds is 6. The second kappa shape index (κ2) is 7.15. The molecule has 1 rings (SSSR count).